The molecule has 116 valence electrons. The molecule has 2 aromatic rings. The zero-order chi connectivity index (χ0) is 15.4. The molecular formula is C19H24N2O. The highest BCUT2D eigenvalue weighted by Gasteiger charge is 2.29. The van der Waals surface area contributed by atoms with Crippen LogP contribution in [0.5, 0.6) is 5.75 Å². The van der Waals surface area contributed by atoms with Gasteiger partial charge >= 0.3 is 0 Å². The standard InChI is InChI=1S/C19H24N2O/c1-3-15-8-9-17(20-12-15)14-21(18-10-11-18)13-16-6-4-5-7-19(16)22-2/h4-9,12,18H,3,10-11,13-14H2,1-2H3. The first-order chi connectivity index (χ1) is 10.8. The molecule has 0 unspecified atom stereocenters. The van der Waals surface area contributed by atoms with Gasteiger partial charge in [0, 0.05) is 30.9 Å². The van der Waals surface area contributed by atoms with E-state index in [4.69, 9.17) is 4.74 Å². The van der Waals surface area contributed by atoms with E-state index in [9.17, 15) is 0 Å². The predicted molar refractivity (Wildman–Crippen MR) is 88.9 cm³/mol. The third kappa shape index (κ3) is 3.66. The van der Waals surface area contributed by atoms with Crippen LogP contribution in [0.25, 0.3) is 0 Å². The minimum absolute atomic E-state index is 0.692. The summed E-state index contributed by atoms with van der Waals surface area (Å²) in [6.45, 7) is 3.99. The van der Waals surface area contributed by atoms with Gasteiger partial charge < -0.3 is 4.74 Å². The van der Waals surface area contributed by atoms with Crippen molar-refractivity contribution in [1.29, 1.82) is 0 Å². The van der Waals surface area contributed by atoms with Gasteiger partial charge in [0.05, 0.1) is 12.8 Å². The van der Waals surface area contributed by atoms with Gasteiger partial charge in [-0.1, -0.05) is 31.2 Å². The summed E-state index contributed by atoms with van der Waals surface area (Å²) < 4.78 is 5.48. The number of hydrogen-bond donors (Lipinski definition) is 0. The van der Waals surface area contributed by atoms with Crippen LogP contribution < -0.4 is 4.74 Å². The van der Waals surface area contributed by atoms with Crippen LogP contribution >= 0.6 is 0 Å². The fraction of sp³-hybridized carbons (Fsp3) is 0.421. The van der Waals surface area contributed by atoms with Crippen LogP contribution in [0.4, 0.5) is 0 Å². The van der Waals surface area contributed by atoms with Crippen LogP contribution in [-0.2, 0) is 19.5 Å². The van der Waals surface area contributed by atoms with Gasteiger partial charge in [0.15, 0.2) is 0 Å². The first-order valence-corrected chi connectivity index (χ1v) is 8.10. The summed E-state index contributed by atoms with van der Waals surface area (Å²) in [5.74, 6) is 0.974. The lowest BCUT2D eigenvalue weighted by atomic mass is 10.1. The van der Waals surface area contributed by atoms with E-state index in [2.05, 4.69) is 41.1 Å². The van der Waals surface area contributed by atoms with Crippen molar-refractivity contribution >= 4 is 0 Å². The molecule has 0 aliphatic heterocycles. The Hall–Kier alpha value is -1.87. The number of nitrogens with zero attached hydrogens (tertiary/aromatic N) is 2. The predicted octanol–water partition coefficient (Wildman–Crippen LogP) is 3.82. The van der Waals surface area contributed by atoms with E-state index in [0.29, 0.717) is 6.04 Å². The van der Waals surface area contributed by atoms with Gasteiger partial charge in [-0.15, -0.1) is 0 Å². The summed E-state index contributed by atoms with van der Waals surface area (Å²) in [6, 6.07) is 13.3. The Morgan fingerprint density at radius 1 is 1.14 bits per heavy atom. The third-order valence-electron chi connectivity index (χ3n) is 4.29. The van der Waals surface area contributed by atoms with Gasteiger partial charge in [0.1, 0.15) is 5.75 Å². The summed E-state index contributed by atoms with van der Waals surface area (Å²) in [6.07, 6.45) is 5.63. The zero-order valence-electron chi connectivity index (χ0n) is 13.5. The smallest absolute Gasteiger partial charge is 0.123 e. The molecule has 22 heavy (non-hydrogen) atoms. The first kappa shape index (κ1) is 15.0. The van der Waals surface area contributed by atoms with Crippen molar-refractivity contribution in [2.75, 3.05) is 7.11 Å². The van der Waals surface area contributed by atoms with E-state index in [0.717, 1.165) is 31.0 Å². The summed E-state index contributed by atoms with van der Waals surface area (Å²) in [5.41, 5.74) is 3.70. The lowest BCUT2D eigenvalue weighted by Gasteiger charge is -2.22. The molecule has 0 N–H and O–H groups in total. The minimum atomic E-state index is 0.692. The van der Waals surface area contributed by atoms with Crippen molar-refractivity contribution in [1.82, 2.24) is 9.88 Å². The van der Waals surface area contributed by atoms with E-state index in [1.807, 2.05) is 18.3 Å². The van der Waals surface area contributed by atoms with E-state index in [1.54, 1.807) is 7.11 Å². The normalized spacial score (nSPS) is 14.3. The Kier molecular flexibility index (Phi) is 4.74. The highest BCUT2D eigenvalue weighted by molar-refractivity contribution is 5.33. The van der Waals surface area contributed by atoms with Crippen LogP contribution in [0.1, 0.15) is 36.6 Å². The second kappa shape index (κ2) is 6.93. The second-order valence-corrected chi connectivity index (χ2v) is 5.96. The number of ether oxygens (including phenoxy) is 1. The van der Waals surface area contributed by atoms with Crippen molar-refractivity contribution in [2.45, 2.75) is 45.3 Å². The van der Waals surface area contributed by atoms with Crippen molar-refractivity contribution in [2.24, 2.45) is 0 Å². The Morgan fingerprint density at radius 3 is 2.59 bits per heavy atom. The Bertz CT molecular complexity index is 605. The number of para-hydroxylation sites is 1. The van der Waals surface area contributed by atoms with Crippen molar-refractivity contribution in [3.63, 3.8) is 0 Å². The largest absolute Gasteiger partial charge is 0.496 e. The Labute approximate surface area is 132 Å². The van der Waals surface area contributed by atoms with E-state index < -0.39 is 0 Å². The number of benzene rings is 1. The summed E-state index contributed by atoms with van der Waals surface area (Å²) in [4.78, 5) is 7.13. The van der Waals surface area contributed by atoms with Crippen molar-refractivity contribution < 1.29 is 4.74 Å². The van der Waals surface area contributed by atoms with Gasteiger partial charge in [-0.2, -0.15) is 0 Å². The zero-order valence-corrected chi connectivity index (χ0v) is 13.5. The number of aryl methyl sites for hydroxylation is 1. The molecule has 1 heterocycles. The molecule has 0 saturated heterocycles. The molecule has 0 spiro atoms. The Balaban J connectivity index is 1.72. The molecule has 1 aromatic carbocycles. The van der Waals surface area contributed by atoms with E-state index >= 15 is 0 Å². The fourth-order valence-corrected chi connectivity index (χ4v) is 2.77. The molecular weight excluding hydrogens is 272 g/mol. The molecule has 1 aliphatic carbocycles. The molecule has 3 nitrogen and oxygen atoms in total. The molecule has 1 aromatic heterocycles. The van der Waals surface area contributed by atoms with Crippen LogP contribution in [0, 0.1) is 0 Å². The van der Waals surface area contributed by atoms with Gasteiger partial charge in [0.2, 0.25) is 0 Å². The SMILES string of the molecule is CCc1ccc(CN(Cc2ccccc2OC)C2CC2)nc1. The molecule has 1 fully saturated rings. The number of hydrogen-bond acceptors (Lipinski definition) is 3. The van der Waals surface area contributed by atoms with Gasteiger partial charge in [-0.25, -0.2) is 0 Å². The Morgan fingerprint density at radius 2 is 1.95 bits per heavy atom. The van der Waals surface area contributed by atoms with Gasteiger partial charge in [-0.05, 0) is 37.0 Å². The average Bonchev–Trinajstić information content (AvgIpc) is 3.40. The fourth-order valence-electron chi connectivity index (χ4n) is 2.77. The quantitative estimate of drug-likeness (QED) is 0.776. The first-order valence-electron chi connectivity index (χ1n) is 8.10. The topological polar surface area (TPSA) is 25.4 Å². The summed E-state index contributed by atoms with van der Waals surface area (Å²) >= 11 is 0. The third-order valence-corrected chi connectivity index (χ3v) is 4.29. The van der Waals surface area contributed by atoms with Crippen molar-refractivity contribution in [3.8, 4) is 5.75 Å². The molecule has 1 saturated carbocycles. The maximum atomic E-state index is 5.48. The lowest BCUT2D eigenvalue weighted by Crippen LogP contribution is -2.25. The maximum Gasteiger partial charge on any atom is 0.123 e. The van der Waals surface area contributed by atoms with E-state index in [-0.39, 0.29) is 0 Å². The molecule has 0 bridgehead atoms. The van der Waals surface area contributed by atoms with Crippen LogP contribution in [0.15, 0.2) is 42.6 Å². The highest BCUT2D eigenvalue weighted by Crippen LogP contribution is 2.31. The van der Waals surface area contributed by atoms with Gasteiger partial charge in [0.25, 0.3) is 0 Å². The monoisotopic (exact) mass is 296 g/mol. The molecule has 3 heteroatoms. The average molecular weight is 296 g/mol. The molecule has 0 amide bonds. The highest BCUT2D eigenvalue weighted by atomic mass is 16.5. The number of pyridine rings is 1. The molecule has 0 radical (unpaired) electrons. The van der Waals surface area contributed by atoms with Crippen LogP contribution in [0.3, 0.4) is 0 Å². The molecule has 3 rings (SSSR count). The second-order valence-electron chi connectivity index (χ2n) is 5.96. The molecule has 1 aliphatic rings. The summed E-state index contributed by atoms with van der Waals surface area (Å²) in [5, 5.41) is 0. The van der Waals surface area contributed by atoms with E-state index in [1.165, 1.54) is 24.0 Å². The van der Waals surface area contributed by atoms with Gasteiger partial charge in [-0.3, -0.25) is 9.88 Å². The number of aromatic nitrogens is 1. The number of rotatable bonds is 7. The lowest BCUT2D eigenvalue weighted by molar-refractivity contribution is 0.239. The van der Waals surface area contributed by atoms with Crippen LogP contribution in [0.2, 0.25) is 0 Å². The molecule has 0 atom stereocenters. The minimum Gasteiger partial charge on any atom is -0.496 e. The number of methoxy groups -OCH3 is 1. The van der Waals surface area contributed by atoms with Crippen molar-refractivity contribution in [3.05, 3.63) is 59.4 Å². The van der Waals surface area contributed by atoms with Crippen LogP contribution in [-0.4, -0.2) is 23.0 Å². The maximum absolute atomic E-state index is 5.48. The summed E-state index contributed by atoms with van der Waals surface area (Å²) in [7, 11) is 1.74.